The molecule has 0 saturated carbocycles. The highest BCUT2D eigenvalue weighted by Crippen LogP contribution is 2.46. The molecule has 12 rings (SSSR count). The topological polar surface area (TPSA) is 33.6 Å². The Morgan fingerprint density at radius 3 is 0.973 bits per heavy atom. The summed E-state index contributed by atoms with van der Waals surface area (Å²) in [7, 11) is 0. The molecule has 0 saturated heterocycles. The normalized spacial score (nSPS) is 11.8. The van der Waals surface area contributed by atoms with E-state index in [-0.39, 0.29) is 5.56 Å². The number of nitrogens with zero attached hydrogens (tertiary/aromatic N) is 3. The van der Waals surface area contributed by atoms with Gasteiger partial charge in [0.15, 0.2) is 0 Å². The average Bonchev–Trinajstić information content (AvgIpc) is 3.89. The summed E-state index contributed by atoms with van der Waals surface area (Å²) in [5.41, 5.74) is 17.1. The van der Waals surface area contributed by atoms with Crippen molar-refractivity contribution in [3.05, 3.63) is 239 Å². The summed E-state index contributed by atoms with van der Waals surface area (Å²) in [4.78, 5) is 0. The van der Waals surface area contributed by atoms with Gasteiger partial charge < -0.3 is 9.13 Å². The average molecular weight is 952 g/mol. The Hall–Kier alpha value is -8.92. The maximum Gasteiger partial charge on any atom is 0.417 e. The summed E-state index contributed by atoms with van der Waals surface area (Å²) in [6.07, 6.45) is -4.67. The molecule has 0 spiro atoms. The zero-order valence-electron chi connectivity index (χ0n) is 41.0. The first-order valence-electron chi connectivity index (χ1n) is 24.5. The highest BCUT2D eigenvalue weighted by Gasteiger charge is 2.35. The molecule has 3 nitrogen and oxygen atoms in total. The van der Waals surface area contributed by atoms with Gasteiger partial charge in [0.25, 0.3) is 0 Å². The molecule has 0 aliphatic carbocycles. The summed E-state index contributed by atoms with van der Waals surface area (Å²) in [6.45, 7) is 10.0. The number of nitriles is 1. The van der Waals surface area contributed by atoms with E-state index in [0.717, 1.165) is 116 Å². The smallest absolute Gasteiger partial charge is 0.308 e. The van der Waals surface area contributed by atoms with Crippen LogP contribution in [0.15, 0.2) is 200 Å². The lowest BCUT2D eigenvalue weighted by Crippen LogP contribution is -2.10. The lowest BCUT2D eigenvalue weighted by molar-refractivity contribution is -0.137. The van der Waals surface area contributed by atoms with E-state index in [4.69, 9.17) is 0 Å². The summed E-state index contributed by atoms with van der Waals surface area (Å²) >= 11 is 0. The number of hydrogen-bond donors (Lipinski definition) is 0. The first kappa shape index (κ1) is 45.2. The molecular weight excluding hydrogens is 904 g/mol. The highest BCUT2D eigenvalue weighted by molar-refractivity contribution is 6.13. The number of aryl methyl sites for hydroxylation is 5. The summed E-state index contributed by atoms with van der Waals surface area (Å²) < 4.78 is 50.8. The van der Waals surface area contributed by atoms with Crippen molar-refractivity contribution in [2.45, 2.75) is 40.8 Å². The van der Waals surface area contributed by atoms with Gasteiger partial charge in [-0.2, -0.15) is 18.4 Å². The highest BCUT2D eigenvalue weighted by atomic mass is 19.4. The van der Waals surface area contributed by atoms with Crippen LogP contribution < -0.4 is 0 Å². The Balaban J connectivity index is 1.26. The molecular formula is C67H48F3N3. The van der Waals surface area contributed by atoms with Crippen LogP contribution in [-0.4, -0.2) is 9.13 Å². The lowest BCUT2D eigenvalue weighted by atomic mass is 9.92. The number of benzene rings is 10. The van der Waals surface area contributed by atoms with Gasteiger partial charge in [-0.25, -0.2) is 0 Å². The van der Waals surface area contributed by atoms with E-state index in [1.807, 2.05) is 24.3 Å². The maximum absolute atomic E-state index is 15.5. The molecule has 12 aromatic rings. The predicted octanol–water partition coefficient (Wildman–Crippen LogP) is 18.6. The molecule has 0 aliphatic heterocycles. The van der Waals surface area contributed by atoms with Gasteiger partial charge in [-0.3, -0.25) is 0 Å². The van der Waals surface area contributed by atoms with Gasteiger partial charge >= 0.3 is 6.18 Å². The van der Waals surface area contributed by atoms with Crippen LogP contribution in [0, 0.1) is 45.9 Å². The van der Waals surface area contributed by atoms with Crippen molar-refractivity contribution in [1.29, 1.82) is 5.26 Å². The number of halogens is 3. The Bertz CT molecular complexity index is 3830. The Morgan fingerprint density at radius 1 is 0.356 bits per heavy atom. The van der Waals surface area contributed by atoms with Gasteiger partial charge in [0.1, 0.15) is 11.6 Å². The second-order valence-electron chi connectivity index (χ2n) is 19.6. The van der Waals surface area contributed by atoms with Crippen LogP contribution in [0.1, 0.15) is 38.9 Å². The number of alkyl halides is 3. The molecule has 2 aromatic heterocycles. The second-order valence-corrected chi connectivity index (χ2v) is 19.6. The summed E-state index contributed by atoms with van der Waals surface area (Å²) in [6, 6.07) is 69.7. The van der Waals surface area contributed by atoms with Crippen molar-refractivity contribution in [3.8, 4) is 73.1 Å². The molecule has 6 heteroatoms. The predicted molar refractivity (Wildman–Crippen MR) is 296 cm³/mol. The third-order valence-corrected chi connectivity index (χ3v) is 14.5. The number of aromatic nitrogens is 2. The standard InChI is InChI=1S/C67H48F3N3/c1-40-11-6-16-45(29-40)49-21-25-54-55-26-22-50(46-17-7-12-41(2)30-46)34-61(55)72(60(54)33-49)64-37-53(66-44(5)15-10-20-59(66)67(68,69)70)38-65(58(64)39-71)73-62-35-51(47-18-8-13-42(3)31-47)23-27-56(62)57-28-24-52(36-63(57)73)48-19-9-14-43(4)32-48/h6-38H,1-5H3. The van der Waals surface area contributed by atoms with E-state index in [9.17, 15) is 5.26 Å². The van der Waals surface area contributed by atoms with Crippen molar-refractivity contribution in [1.82, 2.24) is 9.13 Å². The Labute approximate surface area is 422 Å². The lowest BCUT2D eigenvalue weighted by Gasteiger charge is -2.21. The first-order valence-corrected chi connectivity index (χ1v) is 24.5. The third kappa shape index (κ3) is 7.86. The fraction of sp³-hybridized carbons (Fsp3) is 0.0896. The van der Waals surface area contributed by atoms with E-state index in [1.165, 1.54) is 6.07 Å². The van der Waals surface area contributed by atoms with Crippen LogP contribution in [0.4, 0.5) is 13.2 Å². The molecule has 352 valence electrons. The van der Waals surface area contributed by atoms with E-state index in [2.05, 4.69) is 188 Å². The van der Waals surface area contributed by atoms with Crippen LogP contribution >= 0.6 is 0 Å². The molecule has 0 fully saturated rings. The van der Waals surface area contributed by atoms with E-state index < -0.39 is 11.7 Å². The van der Waals surface area contributed by atoms with Gasteiger partial charge in [0.2, 0.25) is 0 Å². The molecule has 0 bridgehead atoms. The molecule has 0 unspecified atom stereocenters. The van der Waals surface area contributed by atoms with E-state index >= 15 is 13.2 Å². The van der Waals surface area contributed by atoms with Crippen LogP contribution in [0.5, 0.6) is 0 Å². The Kier molecular flexibility index (Phi) is 10.8. The van der Waals surface area contributed by atoms with Crippen molar-refractivity contribution in [2.75, 3.05) is 0 Å². The van der Waals surface area contributed by atoms with Crippen molar-refractivity contribution in [2.24, 2.45) is 0 Å². The van der Waals surface area contributed by atoms with Gasteiger partial charge in [0, 0.05) is 21.5 Å². The second kappa shape index (κ2) is 17.4. The number of hydrogen-bond acceptors (Lipinski definition) is 1. The summed E-state index contributed by atoms with van der Waals surface area (Å²) in [5, 5.41) is 15.8. The van der Waals surface area contributed by atoms with Crippen LogP contribution in [0.3, 0.4) is 0 Å². The van der Waals surface area contributed by atoms with Gasteiger partial charge in [-0.1, -0.05) is 180 Å². The molecule has 0 radical (unpaired) electrons. The van der Waals surface area contributed by atoms with Crippen molar-refractivity contribution < 1.29 is 13.2 Å². The fourth-order valence-corrected chi connectivity index (χ4v) is 11.1. The monoisotopic (exact) mass is 951 g/mol. The number of rotatable bonds is 7. The minimum Gasteiger partial charge on any atom is -0.308 e. The molecule has 0 aliphatic rings. The van der Waals surface area contributed by atoms with Gasteiger partial charge in [0.05, 0.1) is 39.0 Å². The zero-order chi connectivity index (χ0) is 50.3. The van der Waals surface area contributed by atoms with Crippen LogP contribution in [0.2, 0.25) is 0 Å². The van der Waals surface area contributed by atoms with Gasteiger partial charge in [-0.15, -0.1) is 0 Å². The zero-order valence-corrected chi connectivity index (χ0v) is 41.0. The molecule has 0 amide bonds. The molecule has 2 heterocycles. The van der Waals surface area contributed by atoms with Crippen LogP contribution in [-0.2, 0) is 6.18 Å². The minimum absolute atomic E-state index is 0.0605. The van der Waals surface area contributed by atoms with Crippen molar-refractivity contribution in [3.63, 3.8) is 0 Å². The molecule has 0 atom stereocenters. The number of fused-ring (bicyclic) bond motifs is 6. The van der Waals surface area contributed by atoms with Crippen LogP contribution in [0.25, 0.3) is 111 Å². The van der Waals surface area contributed by atoms with Gasteiger partial charge in [-0.05, 0) is 138 Å². The summed E-state index contributed by atoms with van der Waals surface area (Å²) in [5.74, 6) is 0. The van der Waals surface area contributed by atoms with E-state index in [0.29, 0.717) is 28.1 Å². The minimum atomic E-state index is -4.67. The first-order chi connectivity index (χ1) is 35.3. The SMILES string of the molecule is Cc1cccc(-c2ccc3c4ccc(-c5cccc(C)c5)cc4n(-c4cc(-c5c(C)cccc5C(F)(F)F)cc(-n5c6cc(-c7cccc(C)c7)ccc6c6ccc(-c7cccc(C)c7)cc65)c4C#N)c3c2)c1. The van der Waals surface area contributed by atoms with E-state index in [1.54, 1.807) is 25.1 Å². The maximum atomic E-state index is 15.5. The molecule has 0 N–H and O–H groups in total. The molecule has 10 aromatic carbocycles. The largest absolute Gasteiger partial charge is 0.417 e. The fourth-order valence-electron chi connectivity index (χ4n) is 11.1. The van der Waals surface area contributed by atoms with Crippen molar-refractivity contribution >= 4 is 43.6 Å². The Morgan fingerprint density at radius 2 is 0.671 bits per heavy atom. The molecule has 73 heavy (non-hydrogen) atoms. The quantitative estimate of drug-likeness (QED) is 0.157. The third-order valence-electron chi connectivity index (χ3n) is 14.5.